The number of benzene rings is 1. The van der Waals surface area contributed by atoms with E-state index >= 15 is 0 Å². The minimum Gasteiger partial charge on any atom is -0.464 e. The molecule has 1 fully saturated rings. The molecule has 31 heavy (non-hydrogen) atoms. The third-order valence-electron chi connectivity index (χ3n) is 4.38. The second kappa shape index (κ2) is 11.7. The van der Waals surface area contributed by atoms with Gasteiger partial charge in [0.2, 0.25) is 11.5 Å². The van der Waals surface area contributed by atoms with Crippen molar-refractivity contribution in [3.05, 3.63) is 29.8 Å². The number of para-hydroxylation sites is 1. The summed E-state index contributed by atoms with van der Waals surface area (Å²) in [6, 6.07) is 7.05. The van der Waals surface area contributed by atoms with Gasteiger partial charge in [0, 0.05) is 27.2 Å². The van der Waals surface area contributed by atoms with Crippen molar-refractivity contribution in [2.45, 2.75) is 64.6 Å². The van der Waals surface area contributed by atoms with E-state index < -0.39 is 47.8 Å². The fourth-order valence-corrected chi connectivity index (χ4v) is 3.27. The lowest BCUT2D eigenvalue weighted by atomic mass is 10.0. The summed E-state index contributed by atoms with van der Waals surface area (Å²) in [5, 5.41) is -0.468. The Labute approximate surface area is 184 Å². The van der Waals surface area contributed by atoms with Crippen molar-refractivity contribution >= 4 is 34.8 Å². The maximum absolute atomic E-state index is 11.6. The summed E-state index contributed by atoms with van der Waals surface area (Å²) in [5.74, 6) is -1.26. The lowest BCUT2D eigenvalue weighted by molar-refractivity contribution is -0.245. The van der Waals surface area contributed by atoms with Crippen LogP contribution in [0.2, 0.25) is 0 Å². The molecule has 0 N–H and O–H groups in total. The Balaban J connectivity index is 2.23. The van der Waals surface area contributed by atoms with Gasteiger partial charge in [-0.3, -0.25) is 19.2 Å². The molecule has 170 valence electrons. The quantitative estimate of drug-likeness (QED) is 0.313. The van der Waals surface area contributed by atoms with Gasteiger partial charge in [-0.25, -0.2) is 0 Å². The number of aryl methyl sites for hydroxylation is 1. The second-order valence-electron chi connectivity index (χ2n) is 6.95. The van der Waals surface area contributed by atoms with Gasteiger partial charge in [-0.15, -0.1) is 0 Å². The van der Waals surface area contributed by atoms with E-state index in [1.807, 2.05) is 0 Å². The summed E-state index contributed by atoms with van der Waals surface area (Å²) >= 11 is 5.44. The molecule has 0 aromatic heterocycles. The molecule has 1 saturated heterocycles. The molecule has 0 aliphatic carbocycles. The highest BCUT2D eigenvalue weighted by Crippen LogP contribution is 2.30. The van der Waals surface area contributed by atoms with Crippen molar-refractivity contribution in [1.82, 2.24) is 0 Å². The third kappa shape index (κ3) is 8.18. The van der Waals surface area contributed by atoms with Gasteiger partial charge in [0.15, 0.2) is 6.10 Å². The molecule has 0 radical (unpaired) electrons. The zero-order valence-electron chi connectivity index (χ0n) is 17.5. The standard InChI is InChI=1S/C21H25ClO9/c1-12(23)27-11-18-21(29-14(3)25)17(28-13(2)24)10-20(31-18)30-16-7-5-4-6-15(16)8-9-19(22)26/h4-7,17-18,20-21H,8-11H2,1-3H3. The monoisotopic (exact) mass is 456 g/mol. The third-order valence-corrected chi connectivity index (χ3v) is 4.57. The molecule has 4 unspecified atom stereocenters. The topological polar surface area (TPSA) is 114 Å². The average Bonchev–Trinajstić information content (AvgIpc) is 2.67. The Morgan fingerprint density at radius 2 is 1.71 bits per heavy atom. The van der Waals surface area contributed by atoms with Crippen molar-refractivity contribution in [3.63, 3.8) is 0 Å². The zero-order valence-corrected chi connectivity index (χ0v) is 18.3. The Morgan fingerprint density at radius 3 is 2.32 bits per heavy atom. The Morgan fingerprint density at radius 1 is 1.03 bits per heavy atom. The molecule has 1 aliphatic heterocycles. The van der Waals surface area contributed by atoms with E-state index in [2.05, 4.69) is 0 Å². The number of carbonyl (C=O) groups is 4. The highest BCUT2D eigenvalue weighted by Gasteiger charge is 2.44. The van der Waals surface area contributed by atoms with Gasteiger partial charge >= 0.3 is 17.9 Å². The summed E-state index contributed by atoms with van der Waals surface area (Å²) in [4.78, 5) is 45.6. The fraction of sp³-hybridized carbons (Fsp3) is 0.524. The molecule has 10 heteroatoms. The maximum Gasteiger partial charge on any atom is 0.303 e. The van der Waals surface area contributed by atoms with E-state index in [1.54, 1.807) is 24.3 Å². The van der Waals surface area contributed by atoms with Gasteiger partial charge in [0.25, 0.3) is 0 Å². The molecular weight excluding hydrogens is 432 g/mol. The highest BCUT2D eigenvalue weighted by atomic mass is 35.5. The van der Waals surface area contributed by atoms with Gasteiger partial charge in [-0.05, 0) is 29.7 Å². The number of ether oxygens (including phenoxy) is 5. The van der Waals surface area contributed by atoms with Gasteiger partial charge in [-0.1, -0.05) is 18.2 Å². The van der Waals surface area contributed by atoms with Gasteiger partial charge in [0.1, 0.15) is 24.6 Å². The Hall–Kier alpha value is -2.65. The summed E-state index contributed by atoms with van der Waals surface area (Å²) < 4.78 is 27.5. The minimum absolute atomic E-state index is 0.0663. The lowest BCUT2D eigenvalue weighted by Crippen LogP contribution is -2.54. The smallest absolute Gasteiger partial charge is 0.303 e. The highest BCUT2D eigenvalue weighted by molar-refractivity contribution is 6.63. The van der Waals surface area contributed by atoms with E-state index in [0.717, 1.165) is 5.56 Å². The molecule has 0 bridgehead atoms. The Kier molecular flexibility index (Phi) is 9.26. The average molecular weight is 457 g/mol. The molecular formula is C21H25ClO9. The minimum atomic E-state index is -0.982. The summed E-state index contributed by atoms with van der Waals surface area (Å²) in [5.41, 5.74) is 0.739. The van der Waals surface area contributed by atoms with Gasteiger partial charge in [-0.2, -0.15) is 0 Å². The largest absolute Gasteiger partial charge is 0.464 e. The van der Waals surface area contributed by atoms with Crippen molar-refractivity contribution in [1.29, 1.82) is 0 Å². The van der Waals surface area contributed by atoms with Crippen LogP contribution in [-0.4, -0.2) is 54.4 Å². The van der Waals surface area contributed by atoms with E-state index in [0.29, 0.717) is 12.2 Å². The van der Waals surface area contributed by atoms with Crippen LogP contribution in [0, 0.1) is 0 Å². The molecule has 0 amide bonds. The molecule has 4 atom stereocenters. The number of hydrogen-bond acceptors (Lipinski definition) is 9. The number of rotatable bonds is 9. The van der Waals surface area contributed by atoms with Gasteiger partial charge in [0.05, 0.1) is 6.42 Å². The molecule has 2 rings (SSSR count). The van der Waals surface area contributed by atoms with Crippen LogP contribution in [0.5, 0.6) is 5.75 Å². The SMILES string of the molecule is CC(=O)OCC1OC(Oc2ccccc2CCC(=O)Cl)CC(OC(C)=O)C1OC(C)=O. The molecule has 0 spiro atoms. The van der Waals surface area contributed by atoms with Crippen LogP contribution in [-0.2, 0) is 44.5 Å². The normalized spacial score (nSPS) is 22.8. The van der Waals surface area contributed by atoms with Crippen LogP contribution in [0.3, 0.4) is 0 Å². The van der Waals surface area contributed by atoms with Crippen molar-refractivity contribution in [2.24, 2.45) is 0 Å². The molecule has 1 aromatic carbocycles. The van der Waals surface area contributed by atoms with E-state index in [-0.39, 0.29) is 19.4 Å². The van der Waals surface area contributed by atoms with Crippen molar-refractivity contribution in [3.8, 4) is 5.75 Å². The first-order chi connectivity index (χ1) is 14.7. The van der Waals surface area contributed by atoms with E-state index in [1.165, 1.54) is 20.8 Å². The molecule has 1 heterocycles. The molecule has 9 nitrogen and oxygen atoms in total. The first-order valence-corrected chi connectivity index (χ1v) is 10.1. The first-order valence-electron chi connectivity index (χ1n) is 9.72. The van der Waals surface area contributed by atoms with E-state index in [4.69, 9.17) is 35.3 Å². The predicted molar refractivity (Wildman–Crippen MR) is 107 cm³/mol. The molecule has 1 aliphatic rings. The summed E-state index contributed by atoms with van der Waals surface area (Å²) in [6.45, 7) is 3.45. The predicted octanol–water partition coefficient (Wildman–Crippen LogP) is 2.30. The van der Waals surface area contributed by atoms with Crippen LogP contribution in [0.1, 0.15) is 39.2 Å². The summed E-state index contributed by atoms with van der Waals surface area (Å²) in [6.07, 6.45) is -3.12. The van der Waals surface area contributed by atoms with Crippen LogP contribution < -0.4 is 4.74 Å². The number of carbonyl (C=O) groups excluding carboxylic acids is 4. The van der Waals surface area contributed by atoms with Crippen LogP contribution in [0.15, 0.2) is 24.3 Å². The fourth-order valence-electron chi connectivity index (χ4n) is 3.17. The van der Waals surface area contributed by atoms with Crippen molar-refractivity contribution in [2.75, 3.05) is 6.61 Å². The van der Waals surface area contributed by atoms with Crippen LogP contribution >= 0.6 is 11.6 Å². The molecule has 1 aromatic rings. The second-order valence-corrected chi connectivity index (χ2v) is 7.37. The van der Waals surface area contributed by atoms with Crippen LogP contribution in [0.25, 0.3) is 0 Å². The number of esters is 3. The number of hydrogen-bond donors (Lipinski definition) is 0. The van der Waals surface area contributed by atoms with E-state index in [9.17, 15) is 19.2 Å². The van der Waals surface area contributed by atoms with Gasteiger partial charge < -0.3 is 23.7 Å². The van der Waals surface area contributed by atoms with Crippen LogP contribution in [0.4, 0.5) is 0 Å². The Bertz CT molecular complexity index is 810. The first kappa shape index (κ1) is 24.6. The summed E-state index contributed by atoms with van der Waals surface area (Å²) in [7, 11) is 0. The zero-order chi connectivity index (χ0) is 23.0. The molecule has 0 saturated carbocycles. The van der Waals surface area contributed by atoms with Crippen molar-refractivity contribution < 1.29 is 42.9 Å². The number of halogens is 1. The maximum atomic E-state index is 11.6. The lowest BCUT2D eigenvalue weighted by Gasteiger charge is -2.40.